The van der Waals surface area contributed by atoms with Crippen LogP contribution in [0.4, 0.5) is 17.1 Å². The zero-order valence-electron chi connectivity index (χ0n) is 21.7. The Morgan fingerprint density at radius 2 is 1.78 bits per heavy atom. The smallest absolute Gasteiger partial charge is 0.254 e. The topological polar surface area (TPSA) is 64.7 Å². The molecule has 0 radical (unpaired) electrons. The second-order valence-electron chi connectivity index (χ2n) is 10.1. The van der Waals surface area contributed by atoms with Crippen molar-refractivity contribution >= 4 is 40.6 Å². The number of thioether (sulfide) groups is 1. The molecule has 2 atom stereocenters. The molecular formula is C30H34N4O2S. The molecule has 6 nitrogen and oxygen atoms in total. The molecule has 3 aromatic rings. The maximum absolute atomic E-state index is 13.3. The second-order valence-corrected chi connectivity index (χ2v) is 11.1. The zero-order valence-corrected chi connectivity index (χ0v) is 22.5. The number of hydrogen-bond acceptors (Lipinski definition) is 5. The van der Waals surface area contributed by atoms with E-state index in [0.717, 1.165) is 18.0 Å². The monoisotopic (exact) mass is 514 g/mol. The summed E-state index contributed by atoms with van der Waals surface area (Å²) in [5.74, 6) is 1.47. The van der Waals surface area contributed by atoms with Gasteiger partial charge in [0.2, 0.25) is 5.91 Å². The molecule has 0 aliphatic carbocycles. The van der Waals surface area contributed by atoms with Gasteiger partial charge in [0.05, 0.1) is 11.4 Å². The number of nitrogens with zero attached hydrogens (tertiary/aromatic N) is 2. The Hall–Kier alpha value is -3.45. The van der Waals surface area contributed by atoms with Crippen molar-refractivity contribution in [2.45, 2.75) is 38.6 Å². The first-order chi connectivity index (χ1) is 17.9. The number of benzene rings is 3. The Bertz CT molecular complexity index is 1290. The number of carbonyl (C=O) groups excluding carboxylic acids is 2. The molecule has 2 heterocycles. The number of hydrogen-bond donors (Lipinski definition) is 2. The lowest BCUT2D eigenvalue weighted by Crippen LogP contribution is -2.53. The molecule has 192 valence electrons. The highest BCUT2D eigenvalue weighted by Crippen LogP contribution is 2.30. The van der Waals surface area contributed by atoms with Gasteiger partial charge in [-0.1, -0.05) is 42.0 Å². The number of piperazine rings is 1. The van der Waals surface area contributed by atoms with Crippen molar-refractivity contribution in [2.24, 2.45) is 0 Å². The molecule has 2 N–H and O–H groups in total. The molecule has 1 saturated heterocycles. The minimum atomic E-state index is -0.306. The van der Waals surface area contributed by atoms with Gasteiger partial charge in [0.1, 0.15) is 6.04 Å². The van der Waals surface area contributed by atoms with Crippen molar-refractivity contribution < 1.29 is 9.59 Å². The minimum Gasteiger partial charge on any atom is -0.371 e. The molecule has 37 heavy (non-hydrogen) atoms. The molecule has 0 unspecified atom stereocenters. The quantitative estimate of drug-likeness (QED) is 0.466. The standard InChI is InChI=1S/C30H34N4O2S/c1-20-7-9-23(10-8-20)18-37-19-28-29(35)32-27-16-24(11-12-26(27)31-28)30(36)33-13-14-34(22(3)17-33)25-6-4-5-21(2)15-25/h4-12,15-16,22,28,31H,13-14,17-19H2,1-3H3,(H,32,35)/t22-,28+/m1/s1. The molecule has 2 amide bonds. The first kappa shape index (κ1) is 25.2. The Morgan fingerprint density at radius 1 is 0.973 bits per heavy atom. The van der Waals surface area contributed by atoms with Gasteiger partial charge in [-0.25, -0.2) is 0 Å². The van der Waals surface area contributed by atoms with Crippen molar-refractivity contribution in [1.29, 1.82) is 0 Å². The molecule has 2 aliphatic heterocycles. The first-order valence-electron chi connectivity index (χ1n) is 12.8. The summed E-state index contributed by atoms with van der Waals surface area (Å²) in [6, 6.07) is 22.5. The van der Waals surface area contributed by atoms with Crippen LogP contribution < -0.4 is 15.5 Å². The molecule has 0 bridgehead atoms. The maximum atomic E-state index is 13.3. The van der Waals surface area contributed by atoms with Gasteiger partial charge >= 0.3 is 0 Å². The number of rotatable bonds is 6. The Kier molecular flexibility index (Phi) is 7.42. The lowest BCUT2D eigenvalue weighted by Gasteiger charge is -2.41. The van der Waals surface area contributed by atoms with E-state index in [1.807, 2.05) is 17.0 Å². The van der Waals surface area contributed by atoms with Crippen molar-refractivity contribution in [2.75, 3.05) is 40.9 Å². The van der Waals surface area contributed by atoms with Crippen LogP contribution in [0.1, 0.15) is 34.0 Å². The number of aryl methyl sites for hydroxylation is 2. The normalized spacial score (nSPS) is 19.2. The van der Waals surface area contributed by atoms with Crippen molar-refractivity contribution in [3.05, 3.63) is 89.0 Å². The van der Waals surface area contributed by atoms with Crippen molar-refractivity contribution in [3.63, 3.8) is 0 Å². The van der Waals surface area contributed by atoms with Gasteiger partial charge < -0.3 is 20.4 Å². The third-order valence-electron chi connectivity index (χ3n) is 7.09. The highest BCUT2D eigenvalue weighted by atomic mass is 32.2. The van der Waals surface area contributed by atoms with E-state index in [4.69, 9.17) is 0 Å². The summed E-state index contributed by atoms with van der Waals surface area (Å²) in [5.41, 5.74) is 7.06. The van der Waals surface area contributed by atoms with Gasteiger partial charge in [-0.15, -0.1) is 0 Å². The molecule has 0 spiro atoms. The van der Waals surface area contributed by atoms with Crippen LogP contribution >= 0.6 is 11.8 Å². The molecule has 0 saturated carbocycles. The highest BCUT2D eigenvalue weighted by molar-refractivity contribution is 7.98. The number of nitrogens with one attached hydrogen (secondary N) is 2. The molecule has 1 fully saturated rings. The Balaban J connectivity index is 1.19. The van der Waals surface area contributed by atoms with E-state index in [2.05, 4.69) is 84.8 Å². The van der Waals surface area contributed by atoms with E-state index >= 15 is 0 Å². The average Bonchev–Trinajstić information content (AvgIpc) is 2.89. The first-order valence-corrected chi connectivity index (χ1v) is 14.0. The fourth-order valence-corrected chi connectivity index (χ4v) is 6.01. The van der Waals surface area contributed by atoms with Crippen molar-refractivity contribution in [3.8, 4) is 0 Å². The summed E-state index contributed by atoms with van der Waals surface area (Å²) >= 11 is 1.74. The summed E-state index contributed by atoms with van der Waals surface area (Å²) in [6.07, 6.45) is 0. The summed E-state index contributed by atoms with van der Waals surface area (Å²) in [7, 11) is 0. The lowest BCUT2D eigenvalue weighted by molar-refractivity contribution is -0.116. The molecule has 7 heteroatoms. The predicted octanol–water partition coefficient (Wildman–Crippen LogP) is 5.32. The van der Waals surface area contributed by atoms with E-state index in [9.17, 15) is 9.59 Å². The second kappa shape index (κ2) is 10.9. The van der Waals surface area contributed by atoms with Gasteiger partial charge in [0.25, 0.3) is 5.91 Å². The van der Waals surface area contributed by atoms with E-state index in [1.165, 1.54) is 22.4 Å². The summed E-state index contributed by atoms with van der Waals surface area (Å²) in [4.78, 5) is 30.4. The van der Waals surface area contributed by atoms with Gasteiger partial charge in [-0.3, -0.25) is 9.59 Å². The highest BCUT2D eigenvalue weighted by Gasteiger charge is 2.30. The number of carbonyl (C=O) groups is 2. The average molecular weight is 515 g/mol. The summed E-state index contributed by atoms with van der Waals surface area (Å²) in [6.45, 7) is 8.46. The molecule has 2 aliphatic rings. The molecule has 5 rings (SSSR count). The number of fused-ring (bicyclic) bond motifs is 1. The fraction of sp³-hybridized carbons (Fsp3) is 0.333. The number of amides is 2. The number of anilines is 3. The van der Waals surface area contributed by atoms with Crippen molar-refractivity contribution in [1.82, 2.24) is 4.90 Å². The van der Waals surface area contributed by atoms with Crippen LogP contribution in [0.3, 0.4) is 0 Å². The fourth-order valence-electron chi connectivity index (χ4n) is 4.99. The van der Waals surface area contributed by atoms with E-state index < -0.39 is 0 Å². The van der Waals surface area contributed by atoms with Crippen LogP contribution in [-0.4, -0.2) is 54.2 Å². The predicted molar refractivity (Wildman–Crippen MR) is 154 cm³/mol. The van der Waals surface area contributed by atoms with Crippen LogP contribution in [0.15, 0.2) is 66.7 Å². The van der Waals surface area contributed by atoms with Crippen LogP contribution in [0.25, 0.3) is 0 Å². The van der Waals surface area contributed by atoms with Crippen LogP contribution in [0.5, 0.6) is 0 Å². The Morgan fingerprint density at radius 3 is 2.54 bits per heavy atom. The van der Waals surface area contributed by atoms with Crippen LogP contribution in [0.2, 0.25) is 0 Å². The largest absolute Gasteiger partial charge is 0.371 e. The van der Waals surface area contributed by atoms with Gasteiger partial charge in [0.15, 0.2) is 0 Å². The van der Waals surface area contributed by atoms with E-state index in [-0.39, 0.29) is 23.9 Å². The van der Waals surface area contributed by atoms with Gasteiger partial charge in [0, 0.05) is 48.4 Å². The molecule has 3 aromatic carbocycles. The van der Waals surface area contributed by atoms with Gasteiger partial charge in [-0.05, 0) is 62.2 Å². The SMILES string of the molecule is Cc1ccc(CSC[C@@H]2Nc3ccc(C(=O)N4CCN(c5cccc(C)c5)[C@H](C)C4)cc3NC2=O)cc1. The van der Waals surface area contributed by atoms with Crippen LogP contribution in [0, 0.1) is 13.8 Å². The van der Waals surface area contributed by atoms with E-state index in [1.54, 1.807) is 17.8 Å². The molecular weight excluding hydrogens is 480 g/mol. The lowest BCUT2D eigenvalue weighted by atomic mass is 10.1. The summed E-state index contributed by atoms with van der Waals surface area (Å²) < 4.78 is 0. The third-order valence-corrected chi connectivity index (χ3v) is 8.20. The third kappa shape index (κ3) is 5.77. The van der Waals surface area contributed by atoms with E-state index in [0.29, 0.717) is 30.1 Å². The van der Waals surface area contributed by atoms with Crippen LogP contribution in [-0.2, 0) is 10.5 Å². The Labute approximate surface area is 223 Å². The zero-order chi connectivity index (χ0) is 25.9. The minimum absolute atomic E-state index is 0.00330. The summed E-state index contributed by atoms with van der Waals surface area (Å²) in [5, 5.41) is 6.37. The maximum Gasteiger partial charge on any atom is 0.254 e. The van der Waals surface area contributed by atoms with Gasteiger partial charge in [-0.2, -0.15) is 11.8 Å². The molecule has 0 aromatic heterocycles.